The van der Waals surface area contributed by atoms with Gasteiger partial charge in [-0.1, -0.05) is 17.6 Å². The number of nitrogens with two attached hydrogens (primary N) is 2. The van der Waals surface area contributed by atoms with Crippen LogP contribution in [-0.4, -0.2) is 64.8 Å². The third kappa shape index (κ3) is 4.34. The molecule has 1 unspecified atom stereocenters. The van der Waals surface area contributed by atoms with E-state index in [9.17, 15) is 19.2 Å². The number of hydrogen-bond donors (Lipinski definition) is 2. The van der Waals surface area contributed by atoms with E-state index in [2.05, 4.69) is 5.16 Å². The molecule has 2 aliphatic heterocycles. The summed E-state index contributed by atoms with van der Waals surface area (Å²) < 4.78 is 4.94. The fraction of sp³-hybridized carbons (Fsp3) is 0.409. The predicted molar refractivity (Wildman–Crippen MR) is 113 cm³/mol. The van der Waals surface area contributed by atoms with Gasteiger partial charge in [0.2, 0.25) is 11.7 Å². The number of primary amides is 2. The lowest BCUT2D eigenvalue weighted by molar-refractivity contribution is 0.0263. The van der Waals surface area contributed by atoms with Gasteiger partial charge in [-0.25, -0.2) is 0 Å². The molecule has 4 rings (SSSR count). The number of hydrogen-bond acceptors (Lipinski definition) is 6. The van der Waals surface area contributed by atoms with Crippen LogP contribution < -0.4 is 11.5 Å². The third-order valence-electron chi connectivity index (χ3n) is 6.23. The lowest BCUT2D eigenvalue weighted by Crippen LogP contribution is -2.54. The first-order chi connectivity index (χ1) is 15.3. The standard InChI is InChI=1S/C22H25N5O5/c23-19(28)13-5-3-6-14(8-13)21(30)26-7-2-1-4-15(10-26)16-11-27(12-16)22(31)18-9-17(20(24)29)25-32-18/h3,5-6,8-9,15-16H,1-2,4,7,10-12H2,(H2,23,28)(H2,24,29). The van der Waals surface area contributed by atoms with Crippen LogP contribution in [0.5, 0.6) is 0 Å². The molecule has 2 fully saturated rings. The van der Waals surface area contributed by atoms with E-state index in [1.54, 1.807) is 23.1 Å². The van der Waals surface area contributed by atoms with Crippen LogP contribution in [0.2, 0.25) is 0 Å². The van der Waals surface area contributed by atoms with Crippen molar-refractivity contribution < 1.29 is 23.7 Å². The second-order valence-electron chi connectivity index (χ2n) is 8.36. The Morgan fingerprint density at radius 3 is 2.28 bits per heavy atom. The van der Waals surface area contributed by atoms with Crippen LogP contribution in [0.3, 0.4) is 0 Å². The minimum absolute atomic E-state index is 0.00995. The normalized spacial score (nSPS) is 19.2. The number of likely N-dealkylation sites (tertiary alicyclic amines) is 2. The topological polar surface area (TPSA) is 153 Å². The molecule has 1 aromatic carbocycles. The molecule has 3 heterocycles. The van der Waals surface area contributed by atoms with Crippen molar-refractivity contribution in [1.29, 1.82) is 0 Å². The minimum atomic E-state index is -0.751. The molecule has 0 radical (unpaired) electrons. The van der Waals surface area contributed by atoms with Gasteiger partial charge in [-0.05, 0) is 42.9 Å². The van der Waals surface area contributed by atoms with Crippen molar-refractivity contribution >= 4 is 23.6 Å². The van der Waals surface area contributed by atoms with Crippen molar-refractivity contribution in [3.63, 3.8) is 0 Å². The largest absolute Gasteiger partial charge is 0.366 e. The van der Waals surface area contributed by atoms with Crippen molar-refractivity contribution in [2.75, 3.05) is 26.2 Å². The molecule has 32 heavy (non-hydrogen) atoms. The zero-order chi connectivity index (χ0) is 22.8. The summed E-state index contributed by atoms with van der Waals surface area (Å²) in [6, 6.07) is 7.73. The van der Waals surface area contributed by atoms with Gasteiger partial charge in [-0.15, -0.1) is 0 Å². The van der Waals surface area contributed by atoms with Crippen molar-refractivity contribution in [3.05, 3.63) is 52.9 Å². The number of aromatic nitrogens is 1. The predicted octanol–water partition coefficient (Wildman–Crippen LogP) is 0.887. The Morgan fingerprint density at radius 1 is 0.875 bits per heavy atom. The van der Waals surface area contributed by atoms with Crippen LogP contribution in [0, 0.1) is 11.8 Å². The second kappa shape index (κ2) is 8.81. The molecule has 4 N–H and O–H groups in total. The zero-order valence-corrected chi connectivity index (χ0v) is 17.5. The van der Waals surface area contributed by atoms with Gasteiger partial charge in [0, 0.05) is 43.4 Å². The molecule has 2 aromatic rings. The molecule has 10 nitrogen and oxygen atoms in total. The van der Waals surface area contributed by atoms with E-state index in [0.717, 1.165) is 19.3 Å². The molecule has 1 aromatic heterocycles. The Labute approximate surface area is 184 Å². The lowest BCUT2D eigenvalue weighted by Gasteiger charge is -2.43. The monoisotopic (exact) mass is 439 g/mol. The van der Waals surface area contributed by atoms with Crippen LogP contribution in [0.25, 0.3) is 0 Å². The number of carbonyl (C=O) groups is 4. The number of amides is 4. The molecule has 0 saturated carbocycles. The van der Waals surface area contributed by atoms with Crippen molar-refractivity contribution in [3.8, 4) is 0 Å². The van der Waals surface area contributed by atoms with E-state index in [4.69, 9.17) is 16.0 Å². The van der Waals surface area contributed by atoms with Crippen LogP contribution >= 0.6 is 0 Å². The fourth-order valence-corrected chi connectivity index (χ4v) is 4.36. The number of nitrogens with zero attached hydrogens (tertiary/aromatic N) is 3. The van der Waals surface area contributed by atoms with Crippen molar-refractivity contribution in [1.82, 2.24) is 15.0 Å². The summed E-state index contributed by atoms with van der Waals surface area (Å²) in [5.41, 5.74) is 11.2. The SMILES string of the molecule is NC(=O)c1cccc(C(=O)N2CCCCC(C3CN(C(=O)c4cc(C(N)=O)no4)C3)C2)c1. The summed E-state index contributed by atoms with van der Waals surface area (Å²) in [7, 11) is 0. The average molecular weight is 439 g/mol. The van der Waals surface area contributed by atoms with Gasteiger partial charge in [0.1, 0.15) is 0 Å². The highest BCUT2D eigenvalue weighted by atomic mass is 16.5. The second-order valence-corrected chi connectivity index (χ2v) is 8.36. The van der Waals surface area contributed by atoms with E-state index in [1.807, 2.05) is 4.90 Å². The first kappa shape index (κ1) is 21.5. The molecule has 4 amide bonds. The Hall–Kier alpha value is -3.69. The first-order valence-corrected chi connectivity index (χ1v) is 10.6. The minimum Gasteiger partial charge on any atom is -0.366 e. The molecule has 1 atom stereocenters. The van der Waals surface area contributed by atoms with Crippen LogP contribution in [0.15, 0.2) is 34.9 Å². The van der Waals surface area contributed by atoms with Gasteiger partial charge in [-0.3, -0.25) is 19.2 Å². The molecule has 168 valence electrons. The molecule has 0 bridgehead atoms. The van der Waals surface area contributed by atoms with Crippen molar-refractivity contribution in [2.45, 2.75) is 19.3 Å². The maximum absolute atomic E-state index is 13.1. The van der Waals surface area contributed by atoms with Gasteiger partial charge in [0.05, 0.1) is 0 Å². The first-order valence-electron chi connectivity index (χ1n) is 10.6. The van der Waals surface area contributed by atoms with Gasteiger partial charge >= 0.3 is 0 Å². The Morgan fingerprint density at radius 2 is 1.59 bits per heavy atom. The molecule has 2 aliphatic rings. The Kier molecular flexibility index (Phi) is 5.93. The Bertz CT molecular complexity index is 1060. The number of benzene rings is 1. The van der Waals surface area contributed by atoms with Gasteiger partial charge in [-0.2, -0.15) is 0 Å². The molecular weight excluding hydrogens is 414 g/mol. The van der Waals surface area contributed by atoms with Gasteiger partial charge in [0.15, 0.2) is 5.69 Å². The summed E-state index contributed by atoms with van der Waals surface area (Å²) in [5.74, 6) is -1.24. The van der Waals surface area contributed by atoms with Crippen LogP contribution in [0.4, 0.5) is 0 Å². The van der Waals surface area contributed by atoms with Crippen LogP contribution in [-0.2, 0) is 0 Å². The smallest absolute Gasteiger partial charge is 0.292 e. The van der Waals surface area contributed by atoms with E-state index >= 15 is 0 Å². The average Bonchev–Trinajstić information content (AvgIpc) is 3.13. The number of rotatable bonds is 5. The number of carbonyl (C=O) groups excluding carboxylic acids is 4. The zero-order valence-electron chi connectivity index (χ0n) is 17.5. The highest BCUT2D eigenvalue weighted by Crippen LogP contribution is 2.32. The molecular formula is C22H25N5O5. The van der Waals surface area contributed by atoms with E-state index in [0.29, 0.717) is 37.3 Å². The van der Waals surface area contributed by atoms with Gasteiger partial charge in [0.25, 0.3) is 17.7 Å². The lowest BCUT2D eigenvalue weighted by atomic mass is 9.82. The Balaban J connectivity index is 1.38. The molecule has 0 spiro atoms. The highest BCUT2D eigenvalue weighted by Gasteiger charge is 2.39. The molecule has 10 heteroatoms. The summed E-state index contributed by atoms with van der Waals surface area (Å²) in [4.78, 5) is 51.7. The summed E-state index contributed by atoms with van der Waals surface area (Å²) >= 11 is 0. The molecule has 0 aliphatic carbocycles. The van der Waals surface area contributed by atoms with E-state index in [1.165, 1.54) is 12.1 Å². The quantitative estimate of drug-likeness (QED) is 0.705. The molecule has 2 saturated heterocycles. The van der Waals surface area contributed by atoms with Crippen molar-refractivity contribution in [2.24, 2.45) is 23.3 Å². The van der Waals surface area contributed by atoms with Gasteiger partial charge < -0.3 is 25.8 Å². The highest BCUT2D eigenvalue weighted by molar-refractivity contribution is 5.99. The summed E-state index contributed by atoms with van der Waals surface area (Å²) in [6.07, 6.45) is 2.89. The maximum Gasteiger partial charge on any atom is 0.292 e. The van der Waals surface area contributed by atoms with E-state index in [-0.39, 0.29) is 35.1 Å². The van der Waals surface area contributed by atoms with Crippen LogP contribution in [0.1, 0.15) is 61.0 Å². The summed E-state index contributed by atoms with van der Waals surface area (Å²) in [5, 5.41) is 3.50. The van der Waals surface area contributed by atoms with E-state index < -0.39 is 11.8 Å². The fourth-order valence-electron chi connectivity index (χ4n) is 4.36. The maximum atomic E-state index is 13.1. The third-order valence-corrected chi connectivity index (χ3v) is 6.23. The summed E-state index contributed by atoms with van der Waals surface area (Å²) in [6.45, 7) is 2.35.